The van der Waals surface area contributed by atoms with E-state index in [0.29, 0.717) is 0 Å². The van der Waals surface area contributed by atoms with Gasteiger partial charge in [0.15, 0.2) is 0 Å². The lowest BCUT2D eigenvalue weighted by Crippen LogP contribution is -2.51. The number of hydrogen-bond donors (Lipinski definition) is 3. The Labute approximate surface area is 171 Å². The van der Waals surface area contributed by atoms with Crippen LogP contribution in [-0.4, -0.2) is 43.3 Å². The monoisotopic (exact) mass is 396 g/mol. The highest BCUT2D eigenvalue weighted by atomic mass is 16.5. The molecule has 2 amide bonds. The van der Waals surface area contributed by atoms with E-state index in [2.05, 4.69) is 37.9 Å². The molecule has 0 aliphatic carbocycles. The molecule has 28 heavy (non-hydrogen) atoms. The summed E-state index contributed by atoms with van der Waals surface area (Å²) in [6, 6.07) is -0.663. The van der Waals surface area contributed by atoms with E-state index in [-0.39, 0.29) is 29.8 Å². The number of terminal acetylenes is 1. The number of carbonyl (C=O) groups excluding carboxylic acids is 2. The Kier molecular flexibility index (Phi) is 26.9. The summed E-state index contributed by atoms with van der Waals surface area (Å²) in [6.45, 7) is 17.1. The molecule has 0 aliphatic heterocycles. The predicted octanol–water partition coefficient (Wildman–Crippen LogP) is 2.69. The zero-order chi connectivity index (χ0) is 23.3. The van der Waals surface area contributed by atoms with Crippen LogP contribution in [0, 0.1) is 30.6 Å². The molecule has 6 heteroatoms. The molecule has 1 unspecified atom stereocenters. The van der Waals surface area contributed by atoms with Crippen molar-refractivity contribution in [2.75, 3.05) is 14.2 Å². The number of carbonyl (C=O) groups is 2. The normalized spacial score (nSPS) is 13.8. The molecule has 0 bridgehead atoms. The first-order chi connectivity index (χ1) is 13.3. The third kappa shape index (κ3) is 14.8. The number of rotatable bonds is 10. The largest absolute Gasteiger partial charge is 0.400 e. The molecule has 0 saturated carbocycles. The fraction of sp³-hybridized carbons (Fsp3) is 0.545. The molecule has 0 aliphatic rings. The molecule has 0 heterocycles. The number of aliphatic hydroxyl groups excluding tert-OH is 1. The summed E-state index contributed by atoms with van der Waals surface area (Å²) in [5, 5.41) is 9.72. The van der Waals surface area contributed by atoms with Crippen molar-refractivity contribution in [3.8, 4) is 12.8 Å². The number of allylic oxidation sites excluding steroid dienone is 3. The number of nitrogens with one attached hydrogen (secondary N) is 1. The molecule has 6 nitrogen and oxygen atoms in total. The molecule has 0 aromatic rings. The first kappa shape index (κ1) is 33.2. The molecule has 0 aromatic carbocycles. The maximum absolute atomic E-state index is 12.4. The molecule has 0 saturated heterocycles. The van der Waals surface area contributed by atoms with Gasteiger partial charge in [-0.15, -0.1) is 26.0 Å². The van der Waals surface area contributed by atoms with E-state index in [1.165, 1.54) is 0 Å². The van der Waals surface area contributed by atoms with Gasteiger partial charge in [0.2, 0.25) is 11.8 Å². The molecule has 4 N–H and O–H groups in total. The number of primary amides is 1. The van der Waals surface area contributed by atoms with Gasteiger partial charge in [0.25, 0.3) is 0 Å². The number of methoxy groups -OCH3 is 1. The zero-order valence-electron chi connectivity index (χ0n) is 18.4. The van der Waals surface area contributed by atoms with Gasteiger partial charge in [-0.1, -0.05) is 52.5 Å². The van der Waals surface area contributed by atoms with Gasteiger partial charge in [-0.3, -0.25) is 9.59 Å². The van der Waals surface area contributed by atoms with Gasteiger partial charge in [0, 0.05) is 14.2 Å². The molecular weight excluding hydrogens is 356 g/mol. The van der Waals surface area contributed by atoms with Crippen LogP contribution in [0.5, 0.6) is 0 Å². The first-order valence-electron chi connectivity index (χ1n) is 8.94. The van der Waals surface area contributed by atoms with Crippen LogP contribution in [0.2, 0.25) is 0 Å². The Morgan fingerprint density at radius 1 is 1.18 bits per heavy atom. The fourth-order valence-electron chi connectivity index (χ4n) is 2.45. The number of ether oxygens (including phenoxy) is 1. The lowest BCUT2D eigenvalue weighted by Gasteiger charge is -2.29. The summed E-state index contributed by atoms with van der Waals surface area (Å²) < 4.78 is 5.49. The zero-order valence-corrected chi connectivity index (χ0v) is 18.4. The van der Waals surface area contributed by atoms with Crippen LogP contribution < -0.4 is 11.1 Å². The van der Waals surface area contributed by atoms with Crippen LogP contribution in [0.15, 0.2) is 38.0 Å². The smallest absolute Gasteiger partial charge is 0.240 e. The molecule has 0 spiro atoms. The quantitative estimate of drug-likeness (QED) is 0.300. The van der Waals surface area contributed by atoms with Crippen LogP contribution >= 0.6 is 0 Å². The van der Waals surface area contributed by atoms with Crippen LogP contribution in [-0.2, 0) is 14.3 Å². The topological polar surface area (TPSA) is 102 Å². The van der Waals surface area contributed by atoms with Gasteiger partial charge in [0.05, 0.1) is 12.0 Å². The number of nitrogens with two attached hydrogens (primary N) is 1. The van der Waals surface area contributed by atoms with Crippen molar-refractivity contribution in [2.45, 2.75) is 46.3 Å². The first-order valence-corrected chi connectivity index (χ1v) is 8.94. The molecule has 0 radical (unpaired) electrons. The minimum Gasteiger partial charge on any atom is -0.400 e. The van der Waals surface area contributed by atoms with Crippen molar-refractivity contribution >= 4 is 11.8 Å². The summed E-state index contributed by atoms with van der Waals surface area (Å²) in [4.78, 5) is 23.8. The van der Waals surface area contributed by atoms with E-state index >= 15 is 0 Å². The SMILES string of the molecule is C#C.C=C.C=C/C=C\C[C@H](C)[C@@H](OC)[C@@H](C)C(=O)NC(C(N)=O)C(C)C.CO. The average molecular weight is 397 g/mol. The molecular formula is C22H40N2O4. The maximum Gasteiger partial charge on any atom is 0.240 e. The van der Waals surface area contributed by atoms with Crippen molar-refractivity contribution in [3.63, 3.8) is 0 Å². The van der Waals surface area contributed by atoms with Crippen molar-refractivity contribution in [1.82, 2.24) is 5.32 Å². The second-order valence-corrected chi connectivity index (χ2v) is 6.00. The van der Waals surface area contributed by atoms with Gasteiger partial charge in [0.1, 0.15) is 6.04 Å². The highest BCUT2D eigenvalue weighted by molar-refractivity contribution is 5.87. The third-order valence-corrected chi connectivity index (χ3v) is 3.79. The molecule has 0 rings (SSSR count). The van der Waals surface area contributed by atoms with Gasteiger partial charge >= 0.3 is 0 Å². The van der Waals surface area contributed by atoms with Crippen LogP contribution in [0.1, 0.15) is 34.1 Å². The van der Waals surface area contributed by atoms with E-state index in [0.717, 1.165) is 13.5 Å². The summed E-state index contributed by atoms with van der Waals surface area (Å²) in [7, 11) is 2.59. The lowest BCUT2D eigenvalue weighted by molar-refractivity contribution is -0.134. The second-order valence-electron chi connectivity index (χ2n) is 6.00. The predicted molar refractivity (Wildman–Crippen MR) is 118 cm³/mol. The van der Waals surface area contributed by atoms with Crippen molar-refractivity contribution in [3.05, 3.63) is 38.0 Å². The highest BCUT2D eigenvalue weighted by Gasteiger charge is 2.31. The lowest BCUT2D eigenvalue weighted by atomic mass is 9.89. The minimum absolute atomic E-state index is 0.0532. The Balaban J connectivity index is -0.000000434. The van der Waals surface area contributed by atoms with E-state index < -0.39 is 11.9 Å². The molecule has 4 atom stereocenters. The fourth-order valence-corrected chi connectivity index (χ4v) is 2.45. The van der Waals surface area contributed by atoms with Crippen LogP contribution in [0.3, 0.4) is 0 Å². The summed E-state index contributed by atoms with van der Waals surface area (Å²) >= 11 is 0. The summed E-state index contributed by atoms with van der Waals surface area (Å²) in [5.74, 6) is -1.01. The highest BCUT2D eigenvalue weighted by Crippen LogP contribution is 2.20. The van der Waals surface area contributed by atoms with Crippen LogP contribution in [0.25, 0.3) is 0 Å². The Morgan fingerprint density at radius 2 is 1.64 bits per heavy atom. The maximum atomic E-state index is 12.4. The van der Waals surface area contributed by atoms with Gasteiger partial charge in [-0.05, 0) is 18.3 Å². The Hall–Kier alpha value is -2.36. The van der Waals surface area contributed by atoms with Crippen molar-refractivity contribution in [1.29, 1.82) is 0 Å². The summed E-state index contributed by atoms with van der Waals surface area (Å²) in [6.07, 6.45) is 14.1. The van der Waals surface area contributed by atoms with Crippen molar-refractivity contribution in [2.24, 2.45) is 23.5 Å². The molecule has 0 aromatic heterocycles. The van der Waals surface area contributed by atoms with E-state index in [9.17, 15) is 9.59 Å². The molecule has 162 valence electrons. The van der Waals surface area contributed by atoms with Crippen LogP contribution in [0.4, 0.5) is 0 Å². The standard InChI is InChI=1S/C17H30N2O3.C2H4.C2H2.CH4O/c1-7-8-9-10-12(4)15(22-6)13(5)17(21)19-14(11(2)3)16(18)20;3*1-2/h7-9,11-15H,1,10H2,2-6H3,(H2,18,20)(H,19,21);1-2H2;1-2H;2H,1H3/b9-8-;;;/t12-,13+,14?,15+;;;/m0.../s1. The van der Waals surface area contributed by atoms with Gasteiger partial charge in [-0.25, -0.2) is 0 Å². The third-order valence-electron chi connectivity index (χ3n) is 3.79. The Morgan fingerprint density at radius 3 is 1.96 bits per heavy atom. The van der Waals surface area contributed by atoms with E-state index in [1.54, 1.807) is 20.1 Å². The second kappa shape index (κ2) is 22.7. The molecule has 0 fully saturated rings. The van der Waals surface area contributed by atoms with Gasteiger partial charge in [-0.2, -0.15) is 0 Å². The van der Waals surface area contributed by atoms with E-state index in [1.807, 2.05) is 32.9 Å². The summed E-state index contributed by atoms with van der Waals surface area (Å²) in [5.41, 5.74) is 5.33. The number of aliphatic hydroxyl groups is 1. The van der Waals surface area contributed by atoms with E-state index in [4.69, 9.17) is 15.6 Å². The van der Waals surface area contributed by atoms with Crippen molar-refractivity contribution < 1.29 is 19.4 Å². The van der Waals surface area contributed by atoms with Gasteiger partial charge < -0.3 is 20.9 Å². The number of amides is 2. The average Bonchev–Trinajstić information content (AvgIpc) is 2.70. The number of hydrogen-bond acceptors (Lipinski definition) is 4. The minimum atomic E-state index is -0.663. The Bertz CT molecular complexity index is 459.